The molecule has 1 aliphatic carbocycles. The summed E-state index contributed by atoms with van der Waals surface area (Å²) in [6.45, 7) is 8.78. The van der Waals surface area contributed by atoms with Crippen LogP contribution in [0.2, 0.25) is 0 Å². The third kappa shape index (κ3) is 3.92. The van der Waals surface area contributed by atoms with Crippen molar-refractivity contribution < 1.29 is 8.39 Å². The summed E-state index contributed by atoms with van der Waals surface area (Å²) in [5, 5.41) is 0. The van der Waals surface area contributed by atoms with E-state index >= 15 is 0 Å². The third-order valence-electron chi connectivity index (χ3n) is 4.39. The van der Waals surface area contributed by atoms with Gasteiger partial charge in [0.2, 0.25) is 0 Å². The highest BCUT2D eigenvalue weighted by Crippen LogP contribution is 2.36. The van der Waals surface area contributed by atoms with Crippen molar-refractivity contribution >= 4 is 11.1 Å². The molecule has 0 unspecified atom stereocenters. The van der Waals surface area contributed by atoms with E-state index in [1.54, 1.807) is 0 Å². The molecule has 20 heavy (non-hydrogen) atoms. The molecule has 0 saturated heterocycles. The third-order valence-corrected chi connectivity index (χ3v) is 5.46. The predicted molar refractivity (Wildman–Crippen MR) is 83.8 cm³/mol. The van der Waals surface area contributed by atoms with E-state index in [-0.39, 0.29) is 6.10 Å². The molecule has 1 aliphatic rings. The lowest BCUT2D eigenvalue weighted by Gasteiger charge is -2.36. The SMILES string of the molecule is Cc1ccc([S@](=O)O[C@@H]2C[C@H](C)CC[C@H]2C(C)C)cc1. The molecule has 0 heterocycles. The largest absolute Gasteiger partial charge is 0.283 e. The molecule has 1 fully saturated rings. The Balaban J connectivity index is 2.05. The van der Waals surface area contributed by atoms with Crippen molar-refractivity contribution in [2.45, 2.75) is 58.0 Å². The van der Waals surface area contributed by atoms with Crippen LogP contribution in [0.15, 0.2) is 29.2 Å². The minimum Gasteiger partial charge on any atom is -0.283 e. The van der Waals surface area contributed by atoms with Gasteiger partial charge in [0.25, 0.3) is 0 Å². The van der Waals surface area contributed by atoms with Gasteiger partial charge in [-0.3, -0.25) is 4.18 Å². The molecule has 1 saturated carbocycles. The van der Waals surface area contributed by atoms with E-state index in [0.717, 1.165) is 11.3 Å². The molecule has 1 aromatic carbocycles. The molecular formula is C17H26O2S. The van der Waals surface area contributed by atoms with Crippen molar-refractivity contribution in [3.63, 3.8) is 0 Å². The maximum Gasteiger partial charge on any atom is 0.189 e. The molecule has 0 spiro atoms. The Labute approximate surface area is 125 Å². The van der Waals surface area contributed by atoms with Gasteiger partial charge < -0.3 is 0 Å². The van der Waals surface area contributed by atoms with Gasteiger partial charge in [0.05, 0.1) is 11.0 Å². The fraction of sp³-hybridized carbons (Fsp3) is 0.647. The average Bonchev–Trinajstić information content (AvgIpc) is 2.39. The highest BCUT2D eigenvalue weighted by atomic mass is 32.2. The molecule has 0 radical (unpaired) electrons. The smallest absolute Gasteiger partial charge is 0.189 e. The van der Waals surface area contributed by atoms with Crippen LogP contribution in [0.3, 0.4) is 0 Å². The molecule has 2 rings (SSSR count). The van der Waals surface area contributed by atoms with Crippen molar-refractivity contribution in [2.75, 3.05) is 0 Å². The summed E-state index contributed by atoms with van der Waals surface area (Å²) in [4.78, 5) is 0.774. The van der Waals surface area contributed by atoms with Gasteiger partial charge in [-0.1, -0.05) is 44.9 Å². The lowest BCUT2D eigenvalue weighted by atomic mass is 9.75. The van der Waals surface area contributed by atoms with Crippen molar-refractivity contribution in [2.24, 2.45) is 17.8 Å². The van der Waals surface area contributed by atoms with E-state index in [1.165, 1.54) is 18.4 Å². The Morgan fingerprint density at radius 3 is 2.45 bits per heavy atom. The second-order valence-corrected chi connectivity index (χ2v) is 7.64. The highest BCUT2D eigenvalue weighted by Gasteiger charge is 2.33. The Morgan fingerprint density at radius 1 is 1.20 bits per heavy atom. The lowest BCUT2D eigenvalue weighted by Crippen LogP contribution is -2.34. The Morgan fingerprint density at radius 2 is 1.85 bits per heavy atom. The predicted octanol–water partition coefficient (Wildman–Crippen LogP) is 4.50. The van der Waals surface area contributed by atoms with Crippen LogP contribution in [-0.4, -0.2) is 10.3 Å². The highest BCUT2D eigenvalue weighted by molar-refractivity contribution is 7.80. The number of hydrogen-bond acceptors (Lipinski definition) is 2. The van der Waals surface area contributed by atoms with E-state index < -0.39 is 11.1 Å². The molecule has 0 bridgehead atoms. The van der Waals surface area contributed by atoms with E-state index in [9.17, 15) is 4.21 Å². The first-order chi connectivity index (χ1) is 9.47. The van der Waals surface area contributed by atoms with Crippen molar-refractivity contribution in [3.05, 3.63) is 29.8 Å². The topological polar surface area (TPSA) is 26.3 Å². The molecular weight excluding hydrogens is 268 g/mol. The van der Waals surface area contributed by atoms with Gasteiger partial charge in [0, 0.05) is 0 Å². The zero-order valence-corrected chi connectivity index (χ0v) is 13.8. The van der Waals surface area contributed by atoms with Crippen LogP contribution in [0.25, 0.3) is 0 Å². The van der Waals surface area contributed by atoms with E-state index in [4.69, 9.17) is 4.18 Å². The van der Waals surface area contributed by atoms with Crippen LogP contribution in [0.5, 0.6) is 0 Å². The van der Waals surface area contributed by atoms with Crippen LogP contribution in [0.1, 0.15) is 45.6 Å². The first kappa shape index (κ1) is 15.7. The van der Waals surface area contributed by atoms with Crippen LogP contribution < -0.4 is 0 Å². The Bertz CT molecular complexity index is 453. The summed E-state index contributed by atoms with van der Waals surface area (Å²) in [5.74, 6) is 1.79. The van der Waals surface area contributed by atoms with Gasteiger partial charge in [-0.25, -0.2) is 4.21 Å². The molecule has 2 nitrogen and oxygen atoms in total. The van der Waals surface area contributed by atoms with Crippen LogP contribution in [0.4, 0.5) is 0 Å². The fourth-order valence-corrected chi connectivity index (χ4v) is 3.96. The summed E-state index contributed by atoms with van der Waals surface area (Å²) in [7, 11) is 0. The zero-order valence-electron chi connectivity index (χ0n) is 13.0. The minimum absolute atomic E-state index is 0.126. The van der Waals surface area contributed by atoms with Gasteiger partial charge in [-0.15, -0.1) is 0 Å². The summed E-state index contributed by atoms with van der Waals surface area (Å²) in [6.07, 6.45) is 3.61. The normalized spacial score (nSPS) is 28.6. The molecule has 112 valence electrons. The second kappa shape index (κ2) is 6.86. The number of rotatable bonds is 4. The minimum atomic E-state index is -1.34. The Hall–Kier alpha value is -0.670. The summed E-state index contributed by atoms with van der Waals surface area (Å²) < 4.78 is 18.3. The molecule has 4 atom stereocenters. The van der Waals surface area contributed by atoms with Gasteiger partial charge in [0.15, 0.2) is 11.1 Å². The van der Waals surface area contributed by atoms with Gasteiger partial charge >= 0.3 is 0 Å². The van der Waals surface area contributed by atoms with E-state index in [2.05, 4.69) is 20.8 Å². The van der Waals surface area contributed by atoms with E-state index in [0.29, 0.717) is 17.8 Å². The first-order valence-electron chi connectivity index (χ1n) is 7.63. The monoisotopic (exact) mass is 294 g/mol. The maximum atomic E-state index is 12.4. The first-order valence-corrected chi connectivity index (χ1v) is 8.70. The molecule has 3 heteroatoms. The van der Waals surface area contributed by atoms with Crippen molar-refractivity contribution in [1.82, 2.24) is 0 Å². The zero-order chi connectivity index (χ0) is 14.7. The number of benzene rings is 1. The van der Waals surface area contributed by atoms with Crippen molar-refractivity contribution in [1.29, 1.82) is 0 Å². The van der Waals surface area contributed by atoms with Gasteiger partial charge in [-0.2, -0.15) is 0 Å². The van der Waals surface area contributed by atoms with Gasteiger partial charge in [0.1, 0.15) is 0 Å². The van der Waals surface area contributed by atoms with E-state index in [1.807, 2.05) is 31.2 Å². The summed E-state index contributed by atoms with van der Waals surface area (Å²) in [5.41, 5.74) is 1.18. The Kier molecular flexibility index (Phi) is 5.39. The summed E-state index contributed by atoms with van der Waals surface area (Å²) >= 11 is -1.34. The lowest BCUT2D eigenvalue weighted by molar-refractivity contribution is 0.0567. The summed E-state index contributed by atoms with van der Waals surface area (Å²) in [6, 6.07) is 7.78. The van der Waals surface area contributed by atoms with Crippen molar-refractivity contribution in [3.8, 4) is 0 Å². The van der Waals surface area contributed by atoms with Crippen LogP contribution >= 0.6 is 0 Å². The molecule has 0 N–H and O–H groups in total. The number of aryl methyl sites for hydroxylation is 1. The molecule has 0 aromatic heterocycles. The fourth-order valence-electron chi connectivity index (χ4n) is 3.04. The van der Waals surface area contributed by atoms with Crippen LogP contribution in [0, 0.1) is 24.7 Å². The second-order valence-electron chi connectivity index (χ2n) is 6.51. The molecule has 0 aliphatic heterocycles. The maximum absolute atomic E-state index is 12.4. The quantitative estimate of drug-likeness (QED) is 0.817. The van der Waals surface area contributed by atoms with Crippen LogP contribution in [-0.2, 0) is 15.3 Å². The van der Waals surface area contributed by atoms with Gasteiger partial charge in [-0.05, 0) is 49.7 Å². The average molecular weight is 294 g/mol. The standard InChI is InChI=1S/C17H26O2S/c1-12(2)16-10-7-14(4)11-17(16)19-20(18)15-8-5-13(3)6-9-15/h5-6,8-9,12,14,16-17H,7,10-11H2,1-4H3/t14-,16+,17-,20-/m1/s1. The number of hydrogen-bond donors (Lipinski definition) is 0. The molecule has 1 aromatic rings. The molecule has 0 amide bonds.